The molecule has 2 atom stereocenters. The summed E-state index contributed by atoms with van der Waals surface area (Å²) in [6, 6.07) is 8.75. The number of benzene rings is 2. The van der Waals surface area contributed by atoms with E-state index in [2.05, 4.69) is 9.97 Å². The molecule has 0 fully saturated rings. The second kappa shape index (κ2) is 10.4. The molecule has 1 aromatic heterocycles. The maximum atomic E-state index is 15.0. The van der Waals surface area contributed by atoms with Crippen molar-refractivity contribution < 1.29 is 33.6 Å². The van der Waals surface area contributed by atoms with Crippen LogP contribution in [0.4, 0.5) is 4.39 Å². The van der Waals surface area contributed by atoms with E-state index in [1.807, 2.05) is 26.0 Å². The van der Waals surface area contributed by atoms with Crippen molar-refractivity contribution in [1.82, 2.24) is 9.97 Å². The van der Waals surface area contributed by atoms with Crippen LogP contribution in [-0.4, -0.2) is 45.0 Å². The number of nitrogens with zero attached hydrogens (tertiary/aromatic N) is 2. The van der Waals surface area contributed by atoms with Crippen LogP contribution in [0.25, 0.3) is 11.1 Å². The Hall–Kier alpha value is -3.72. The summed E-state index contributed by atoms with van der Waals surface area (Å²) in [5.74, 6) is -0.178. The molecule has 0 saturated carbocycles. The number of fused-ring (bicyclic) bond motifs is 2. The third kappa shape index (κ3) is 5.83. The molecule has 0 bridgehead atoms. The average molecular weight is 537 g/mol. The smallest absolute Gasteiger partial charge is 0.316 e. The van der Waals surface area contributed by atoms with Crippen molar-refractivity contribution in [3.63, 3.8) is 0 Å². The van der Waals surface area contributed by atoms with Crippen LogP contribution in [0.2, 0.25) is 0 Å². The topological polar surface area (TPSA) is 111 Å². The third-order valence-electron chi connectivity index (χ3n) is 7.28. The Morgan fingerprint density at radius 2 is 1.90 bits per heavy atom. The first-order valence-corrected chi connectivity index (χ1v) is 13.2. The van der Waals surface area contributed by atoms with E-state index in [1.54, 1.807) is 19.9 Å². The summed E-state index contributed by atoms with van der Waals surface area (Å²) >= 11 is 0. The summed E-state index contributed by atoms with van der Waals surface area (Å²) in [5.41, 5.74) is 4.71. The highest BCUT2D eigenvalue weighted by molar-refractivity contribution is 5.74. The SMILES string of the molecule is Cc1nc(OCCC(C)(C)O)nc(C)c1-c1cc(F)cc2c1CC[C@H]2Oc1ccc2c(c1)OC[C@H]2CC(=O)O. The van der Waals surface area contributed by atoms with Gasteiger partial charge in [-0.05, 0) is 75.4 Å². The zero-order valence-corrected chi connectivity index (χ0v) is 22.6. The van der Waals surface area contributed by atoms with Crippen molar-refractivity contribution in [2.24, 2.45) is 0 Å². The molecule has 9 heteroatoms. The van der Waals surface area contributed by atoms with E-state index in [4.69, 9.17) is 19.3 Å². The zero-order chi connectivity index (χ0) is 27.9. The Labute approximate surface area is 226 Å². The van der Waals surface area contributed by atoms with Crippen LogP contribution in [0.5, 0.6) is 17.5 Å². The fourth-order valence-electron chi connectivity index (χ4n) is 5.41. The molecule has 0 saturated heterocycles. The lowest BCUT2D eigenvalue weighted by Gasteiger charge is -2.19. The number of aliphatic carboxylic acids is 1. The quantitative estimate of drug-likeness (QED) is 0.371. The van der Waals surface area contributed by atoms with Crippen molar-refractivity contribution >= 4 is 5.97 Å². The molecule has 1 aliphatic heterocycles. The largest absolute Gasteiger partial charge is 0.492 e. The lowest BCUT2D eigenvalue weighted by atomic mass is 9.94. The highest BCUT2D eigenvalue weighted by Gasteiger charge is 2.31. The van der Waals surface area contributed by atoms with Crippen molar-refractivity contribution in [1.29, 1.82) is 0 Å². The Kier molecular flexibility index (Phi) is 7.20. The molecule has 0 spiro atoms. The summed E-state index contributed by atoms with van der Waals surface area (Å²) in [7, 11) is 0. The number of hydrogen-bond acceptors (Lipinski definition) is 7. The van der Waals surface area contributed by atoms with Crippen LogP contribution in [0.1, 0.15) is 73.2 Å². The molecule has 5 rings (SSSR count). The van der Waals surface area contributed by atoms with E-state index >= 15 is 0 Å². The molecular formula is C30H33FN2O6. The van der Waals surface area contributed by atoms with Gasteiger partial charge in [0, 0.05) is 29.5 Å². The molecule has 39 heavy (non-hydrogen) atoms. The number of halogens is 1. The van der Waals surface area contributed by atoms with Gasteiger partial charge in [-0.1, -0.05) is 6.07 Å². The molecular weight excluding hydrogens is 503 g/mol. The van der Waals surface area contributed by atoms with E-state index in [9.17, 15) is 14.3 Å². The summed E-state index contributed by atoms with van der Waals surface area (Å²) in [5, 5.41) is 19.1. The number of aliphatic hydroxyl groups is 1. The number of aromatic nitrogens is 2. The van der Waals surface area contributed by atoms with Crippen LogP contribution in [0.15, 0.2) is 30.3 Å². The van der Waals surface area contributed by atoms with Crippen LogP contribution in [-0.2, 0) is 11.2 Å². The van der Waals surface area contributed by atoms with Crippen LogP contribution < -0.4 is 14.2 Å². The van der Waals surface area contributed by atoms with Crippen molar-refractivity contribution in [2.75, 3.05) is 13.2 Å². The Bertz CT molecular complexity index is 1390. The monoisotopic (exact) mass is 536 g/mol. The van der Waals surface area contributed by atoms with Crippen molar-refractivity contribution in [2.45, 2.75) is 71.0 Å². The number of carboxylic acids is 1. The first kappa shape index (κ1) is 26.9. The average Bonchev–Trinajstić information content (AvgIpc) is 3.41. The normalized spacial score (nSPS) is 17.9. The van der Waals surface area contributed by atoms with Gasteiger partial charge >= 0.3 is 12.0 Å². The number of hydrogen-bond donors (Lipinski definition) is 2. The number of carbonyl (C=O) groups is 1. The zero-order valence-electron chi connectivity index (χ0n) is 22.6. The minimum atomic E-state index is -0.860. The molecule has 2 aromatic carbocycles. The van der Waals surface area contributed by atoms with Crippen molar-refractivity contribution in [3.05, 3.63) is 64.2 Å². The van der Waals surface area contributed by atoms with Gasteiger partial charge < -0.3 is 24.4 Å². The summed E-state index contributed by atoms with van der Waals surface area (Å²) in [6.07, 6.45) is 1.51. The predicted octanol–water partition coefficient (Wildman–Crippen LogP) is 5.46. The molecule has 2 N–H and O–H groups in total. The molecule has 2 aliphatic rings. The van der Waals surface area contributed by atoms with E-state index in [-0.39, 0.29) is 36.9 Å². The summed E-state index contributed by atoms with van der Waals surface area (Å²) in [6.45, 7) is 7.76. The predicted molar refractivity (Wildman–Crippen MR) is 142 cm³/mol. The van der Waals surface area contributed by atoms with Gasteiger partial charge in [0.15, 0.2) is 0 Å². The van der Waals surface area contributed by atoms with E-state index < -0.39 is 11.6 Å². The lowest BCUT2D eigenvalue weighted by molar-refractivity contribution is -0.137. The highest BCUT2D eigenvalue weighted by atomic mass is 19.1. The standard InChI is InChI=1S/C30H33FN2O6/c1-16-28(17(2)33-29(32-16)37-10-9-30(3,4)36)24-13-19(31)12-23-22(24)7-8-25(23)39-20-5-6-21-18(11-27(34)35)15-38-26(21)14-20/h5-6,12-14,18,25,36H,7-11,15H2,1-4H3,(H,34,35)/t18-,25-/m1/s1. The third-order valence-corrected chi connectivity index (χ3v) is 7.28. The van der Waals surface area contributed by atoms with Gasteiger partial charge in [0.1, 0.15) is 23.4 Å². The Morgan fingerprint density at radius 3 is 2.59 bits per heavy atom. The molecule has 206 valence electrons. The Balaban J connectivity index is 1.38. The lowest BCUT2D eigenvalue weighted by Crippen LogP contribution is -2.22. The van der Waals surface area contributed by atoms with Crippen LogP contribution >= 0.6 is 0 Å². The van der Waals surface area contributed by atoms with Gasteiger partial charge in [-0.25, -0.2) is 4.39 Å². The molecule has 3 aromatic rings. The summed E-state index contributed by atoms with van der Waals surface area (Å²) in [4.78, 5) is 20.2. The molecule has 1 aliphatic carbocycles. The van der Waals surface area contributed by atoms with Crippen LogP contribution in [0, 0.1) is 19.7 Å². The molecule has 0 amide bonds. The molecule has 0 radical (unpaired) electrons. The van der Waals surface area contributed by atoms with Crippen LogP contribution in [0.3, 0.4) is 0 Å². The van der Waals surface area contributed by atoms with E-state index in [0.717, 1.165) is 27.8 Å². The van der Waals surface area contributed by atoms with Gasteiger partial charge in [-0.3, -0.25) is 4.79 Å². The second-order valence-corrected chi connectivity index (χ2v) is 10.9. The molecule has 8 nitrogen and oxygen atoms in total. The van der Waals surface area contributed by atoms with Gasteiger partial charge in [-0.15, -0.1) is 0 Å². The Morgan fingerprint density at radius 1 is 1.15 bits per heavy atom. The van der Waals surface area contributed by atoms with Gasteiger partial charge in [0.05, 0.1) is 36.6 Å². The molecule has 2 heterocycles. The molecule has 0 unspecified atom stereocenters. The highest BCUT2D eigenvalue weighted by Crippen LogP contribution is 2.44. The first-order chi connectivity index (χ1) is 18.5. The summed E-state index contributed by atoms with van der Waals surface area (Å²) < 4.78 is 32.7. The number of aryl methyl sites for hydroxylation is 2. The maximum Gasteiger partial charge on any atom is 0.316 e. The first-order valence-electron chi connectivity index (χ1n) is 13.2. The van der Waals surface area contributed by atoms with Gasteiger partial charge in [-0.2, -0.15) is 9.97 Å². The van der Waals surface area contributed by atoms with Gasteiger partial charge in [0.25, 0.3) is 0 Å². The van der Waals surface area contributed by atoms with E-state index in [1.165, 1.54) is 12.1 Å². The number of ether oxygens (including phenoxy) is 3. The fourth-order valence-corrected chi connectivity index (χ4v) is 5.41. The fraction of sp³-hybridized carbons (Fsp3) is 0.433. The minimum absolute atomic E-state index is 0.0156. The number of rotatable bonds is 9. The minimum Gasteiger partial charge on any atom is -0.492 e. The second-order valence-electron chi connectivity index (χ2n) is 10.9. The van der Waals surface area contributed by atoms with Crippen molar-refractivity contribution in [3.8, 4) is 28.6 Å². The number of carboxylic acid groups (broad SMARTS) is 1. The van der Waals surface area contributed by atoms with E-state index in [0.29, 0.717) is 48.8 Å². The van der Waals surface area contributed by atoms with Gasteiger partial charge in [0.2, 0.25) is 0 Å². The maximum absolute atomic E-state index is 15.0.